The highest BCUT2D eigenvalue weighted by atomic mass is 16.5. The fourth-order valence-electron chi connectivity index (χ4n) is 0.781. The Labute approximate surface area is 76.9 Å². The second-order valence-corrected chi connectivity index (χ2v) is 2.78. The van der Waals surface area contributed by atoms with Crippen LogP contribution in [0.25, 0.3) is 0 Å². The zero-order valence-corrected chi connectivity index (χ0v) is 8.02. The van der Waals surface area contributed by atoms with Crippen molar-refractivity contribution in [2.24, 2.45) is 10.9 Å². The molecule has 0 aliphatic heterocycles. The van der Waals surface area contributed by atoms with Crippen molar-refractivity contribution in [1.29, 1.82) is 0 Å². The Bertz CT molecular complexity index is 203. The number of nitrogens with zero attached hydrogens (tertiary/aromatic N) is 2. The molecule has 0 aliphatic carbocycles. The Morgan fingerprint density at radius 1 is 1.69 bits per heavy atom. The van der Waals surface area contributed by atoms with E-state index in [0.29, 0.717) is 0 Å². The topological polar surface area (TPSA) is 88.2 Å². The van der Waals surface area contributed by atoms with E-state index in [1.807, 2.05) is 13.8 Å². The molecule has 1 amide bonds. The summed E-state index contributed by atoms with van der Waals surface area (Å²) in [6.07, 6.45) is -0.499. The van der Waals surface area contributed by atoms with E-state index < -0.39 is 6.09 Å². The van der Waals surface area contributed by atoms with E-state index in [1.54, 1.807) is 0 Å². The molecule has 76 valence electrons. The fraction of sp³-hybridized carbons (Fsp3) is 0.714. The maximum Gasteiger partial charge on any atom is 0.410 e. The smallest absolute Gasteiger partial charge is 0.410 e. The highest BCUT2D eigenvalue weighted by Crippen LogP contribution is 2.00. The summed E-state index contributed by atoms with van der Waals surface area (Å²) in [5, 5.41) is 11.1. The van der Waals surface area contributed by atoms with E-state index in [0.717, 1.165) is 0 Å². The van der Waals surface area contributed by atoms with Crippen LogP contribution in [0.5, 0.6) is 0 Å². The van der Waals surface area contributed by atoms with Crippen LogP contribution in [0.4, 0.5) is 4.79 Å². The molecule has 0 spiro atoms. The fourth-order valence-corrected chi connectivity index (χ4v) is 0.781. The van der Waals surface area contributed by atoms with E-state index in [2.05, 4.69) is 9.89 Å². The molecule has 3 N–H and O–H groups in total. The number of oxime groups is 1. The van der Waals surface area contributed by atoms with Crippen molar-refractivity contribution in [3.63, 3.8) is 0 Å². The van der Waals surface area contributed by atoms with Gasteiger partial charge in [0.15, 0.2) is 5.84 Å². The van der Waals surface area contributed by atoms with Crippen molar-refractivity contribution in [2.75, 3.05) is 13.7 Å². The molecule has 0 atom stereocenters. The van der Waals surface area contributed by atoms with E-state index in [1.165, 1.54) is 12.0 Å². The van der Waals surface area contributed by atoms with Gasteiger partial charge in [0.05, 0.1) is 13.7 Å². The Morgan fingerprint density at radius 2 is 2.23 bits per heavy atom. The number of carbonyl (C=O) groups excluding carboxylic acids is 1. The first-order valence-corrected chi connectivity index (χ1v) is 3.84. The lowest BCUT2D eigenvalue weighted by Gasteiger charge is -2.24. The summed E-state index contributed by atoms with van der Waals surface area (Å²) in [7, 11) is 1.28. The zero-order valence-electron chi connectivity index (χ0n) is 8.02. The summed E-state index contributed by atoms with van der Waals surface area (Å²) in [4.78, 5) is 12.5. The number of hydrogen-bond donors (Lipinski definition) is 2. The van der Waals surface area contributed by atoms with Gasteiger partial charge in [-0.2, -0.15) is 0 Å². The molecule has 0 bridgehead atoms. The molecule has 0 saturated heterocycles. The van der Waals surface area contributed by atoms with Gasteiger partial charge in [0.1, 0.15) is 0 Å². The third-order valence-corrected chi connectivity index (χ3v) is 1.49. The molecule has 0 radical (unpaired) electrons. The van der Waals surface area contributed by atoms with Gasteiger partial charge in [-0.25, -0.2) is 4.79 Å². The van der Waals surface area contributed by atoms with E-state index in [9.17, 15) is 4.79 Å². The van der Waals surface area contributed by atoms with E-state index in [4.69, 9.17) is 10.9 Å². The standard InChI is InChI=1S/C7H15N3O3/c1-5(2)10(7(11)13-3)4-6(8)9-12/h5,12H,4H2,1-3H3,(H2,8,9). The first-order valence-electron chi connectivity index (χ1n) is 3.84. The van der Waals surface area contributed by atoms with Gasteiger partial charge in [-0.3, -0.25) is 4.90 Å². The van der Waals surface area contributed by atoms with Crippen molar-refractivity contribution in [3.8, 4) is 0 Å². The molecule has 6 nitrogen and oxygen atoms in total. The Hall–Kier alpha value is -1.46. The first-order chi connectivity index (χ1) is 6.02. The molecular weight excluding hydrogens is 174 g/mol. The van der Waals surface area contributed by atoms with Crippen LogP contribution in [0.3, 0.4) is 0 Å². The SMILES string of the molecule is COC(=O)N(CC(N)=NO)C(C)C. The molecule has 0 aromatic rings. The number of amidine groups is 1. The summed E-state index contributed by atoms with van der Waals surface area (Å²) in [6.45, 7) is 3.67. The highest BCUT2D eigenvalue weighted by Gasteiger charge is 2.18. The van der Waals surface area contributed by atoms with Crippen molar-refractivity contribution in [2.45, 2.75) is 19.9 Å². The van der Waals surface area contributed by atoms with Crippen LogP contribution in [0.1, 0.15) is 13.8 Å². The lowest BCUT2D eigenvalue weighted by Crippen LogP contribution is -2.42. The third-order valence-electron chi connectivity index (χ3n) is 1.49. The van der Waals surface area contributed by atoms with Gasteiger partial charge in [0, 0.05) is 6.04 Å². The molecule has 0 saturated carbocycles. The Balaban J connectivity index is 4.35. The molecule has 0 rings (SSSR count). The van der Waals surface area contributed by atoms with Gasteiger partial charge >= 0.3 is 6.09 Å². The van der Waals surface area contributed by atoms with Gasteiger partial charge < -0.3 is 15.7 Å². The van der Waals surface area contributed by atoms with Crippen molar-refractivity contribution >= 4 is 11.9 Å². The summed E-state index contributed by atoms with van der Waals surface area (Å²) in [6, 6.07) is -0.0623. The molecule has 0 aliphatic rings. The number of ether oxygens (including phenoxy) is 1. The molecule has 13 heavy (non-hydrogen) atoms. The summed E-state index contributed by atoms with van der Waals surface area (Å²) in [5.74, 6) is -0.0286. The molecule has 0 fully saturated rings. The predicted molar refractivity (Wildman–Crippen MR) is 47.7 cm³/mol. The second kappa shape index (κ2) is 5.23. The molecular formula is C7H15N3O3. The maximum absolute atomic E-state index is 11.1. The monoisotopic (exact) mass is 189 g/mol. The van der Waals surface area contributed by atoms with E-state index >= 15 is 0 Å². The van der Waals surface area contributed by atoms with Crippen LogP contribution in [-0.2, 0) is 4.74 Å². The van der Waals surface area contributed by atoms with Gasteiger partial charge in [-0.1, -0.05) is 5.16 Å². The van der Waals surface area contributed by atoms with Crippen LogP contribution in [0.2, 0.25) is 0 Å². The minimum absolute atomic E-state index is 0.0286. The van der Waals surface area contributed by atoms with E-state index in [-0.39, 0.29) is 18.4 Å². The highest BCUT2D eigenvalue weighted by molar-refractivity contribution is 5.85. The number of nitrogens with two attached hydrogens (primary N) is 1. The van der Waals surface area contributed by atoms with Crippen LogP contribution >= 0.6 is 0 Å². The number of rotatable bonds is 3. The quantitative estimate of drug-likeness (QED) is 0.287. The first kappa shape index (κ1) is 11.5. The van der Waals surface area contributed by atoms with Crippen molar-refractivity contribution in [3.05, 3.63) is 0 Å². The normalized spacial score (nSPS) is 11.5. The van der Waals surface area contributed by atoms with Crippen molar-refractivity contribution < 1.29 is 14.7 Å². The minimum atomic E-state index is -0.499. The van der Waals surface area contributed by atoms with Gasteiger partial charge in [0.2, 0.25) is 0 Å². The van der Waals surface area contributed by atoms with Crippen LogP contribution < -0.4 is 5.73 Å². The van der Waals surface area contributed by atoms with Crippen LogP contribution in [-0.4, -0.2) is 41.7 Å². The molecule has 0 unspecified atom stereocenters. The summed E-state index contributed by atoms with van der Waals surface area (Å²) in [5.41, 5.74) is 5.25. The maximum atomic E-state index is 11.1. The second-order valence-electron chi connectivity index (χ2n) is 2.78. The average Bonchev–Trinajstić information content (AvgIpc) is 2.11. The molecule has 0 aromatic heterocycles. The van der Waals surface area contributed by atoms with Crippen molar-refractivity contribution in [1.82, 2.24) is 4.90 Å². The van der Waals surface area contributed by atoms with Crippen LogP contribution in [0, 0.1) is 0 Å². The predicted octanol–water partition coefficient (Wildman–Crippen LogP) is 0.210. The Morgan fingerprint density at radius 3 is 2.54 bits per heavy atom. The van der Waals surface area contributed by atoms with Gasteiger partial charge in [-0.15, -0.1) is 0 Å². The molecule has 6 heteroatoms. The number of hydrogen-bond acceptors (Lipinski definition) is 4. The number of amides is 1. The van der Waals surface area contributed by atoms with Gasteiger partial charge in [0.25, 0.3) is 0 Å². The summed E-state index contributed by atoms with van der Waals surface area (Å²) < 4.78 is 4.51. The van der Waals surface area contributed by atoms with Gasteiger partial charge in [-0.05, 0) is 13.8 Å². The summed E-state index contributed by atoms with van der Waals surface area (Å²) >= 11 is 0. The average molecular weight is 189 g/mol. The zero-order chi connectivity index (χ0) is 10.4. The van der Waals surface area contributed by atoms with Crippen LogP contribution in [0.15, 0.2) is 5.16 Å². The third kappa shape index (κ3) is 3.64. The largest absolute Gasteiger partial charge is 0.453 e. The minimum Gasteiger partial charge on any atom is -0.453 e. The lowest BCUT2D eigenvalue weighted by molar-refractivity contribution is 0.118. The number of methoxy groups -OCH3 is 1. The number of carbonyl (C=O) groups is 1. The lowest BCUT2D eigenvalue weighted by atomic mass is 10.3. The molecule has 0 heterocycles. The Kier molecular flexibility index (Phi) is 4.64. The molecule has 0 aromatic carbocycles.